The Kier molecular flexibility index (Phi) is 4.30. The minimum atomic E-state index is -1.00. The van der Waals surface area contributed by atoms with Crippen LogP contribution in [0.15, 0.2) is 48.5 Å². The number of esters is 1. The Morgan fingerprint density at radius 3 is 2.70 bits per heavy atom. The molecule has 1 fully saturated rings. The highest BCUT2D eigenvalue weighted by Gasteiger charge is 2.59. The second-order valence-corrected chi connectivity index (χ2v) is 7.36. The molecule has 2 bridgehead atoms. The Morgan fingerprint density at radius 2 is 1.96 bits per heavy atom. The zero-order chi connectivity index (χ0) is 19.2. The smallest absolute Gasteiger partial charge is 0.317 e. The molecule has 5 nitrogen and oxygen atoms in total. The van der Waals surface area contributed by atoms with E-state index in [1.807, 2.05) is 74.2 Å². The molecule has 2 aliphatic heterocycles. The van der Waals surface area contributed by atoms with Gasteiger partial charge in [-0.1, -0.05) is 36.4 Å². The quantitative estimate of drug-likeness (QED) is 0.645. The van der Waals surface area contributed by atoms with Crippen LogP contribution in [-0.2, 0) is 9.53 Å². The topological polar surface area (TPSA) is 50.8 Å². The van der Waals surface area contributed by atoms with Gasteiger partial charge < -0.3 is 14.8 Å². The van der Waals surface area contributed by atoms with Crippen molar-refractivity contribution in [3.05, 3.63) is 59.7 Å². The van der Waals surface area contributed by atoms with Crippen molar-refractivity contribution in [2.75, 3.05) is 11.5 Å². The van der Waals surface area contributed by atoms with Crippen LogP contribution in [-0.4, -0.2) is 23.4 Å². The first-order chi connectivity index (χ1) is 13.0. The van der Waals surface area contributed by atoms with Crippen molar-refractivity contribution in [3.63, 3.8) is 0 Å². The number of carbonyl (C=O) groups is 1. The highest BCUT2D eigenvalue weighted by molar-refractivity contribution is 7.80. The predicted molar refractivity (Wildman–Crippen MR) is 108 cm³/mol. The molecule has 2 heterocycles. The van der Waals surface area contributed by atoms with E-state index in [0.717, 1.165) is 22.6 Å². The van der Waals surface area contributed by atoms with E-state index in [4.69, 9.17) is 21.7 Å². The number of rotatable bonds is 3. The van der Waals surface area contributed by atoms with Crippen molar-refractivity contribution in [1.29, 1.82) is 0 Å². The van der Waals surface area contributed by atoms with Crippen molar-refractivity contribution < 1.29 is 14.3 Å². The van der Waals surface area contributed by atoms with Crippen LogP contribution in [0.3, 0.4) is 0 Å². The van der Waals surface area contributed by atoms with Crippen LogP contribution in [0.2, 0.25) is 0 Å². The maximum atomic E-state index is 13.0. The standard InChI is InChI=1S/C21H22N2O3S/c1-4-25-19(24)17-18-14-10-6-8-12-16(14)26-21(17,3)23(20(27)22-18)15-11-7-5-9-13(15)2/h5-12,17-18H,4H2,1-3H3,(H,22,27). The Bertz CT molecular complexity index is 916. The van der Waals surface area contributed by atoms with Gasteiger partial charge in [0.25, 0.3) is 0 Å². The molecule has 4 rings (SSSR count). The molecule has 0 spiro atoms. The maximum Gasteiger partial charge on any atom is 0.317 e. The van der Waals surface area contributed by atoms with Gasteiger partial charge in [-0.3, -0.25) is 9.69 Å². The number of fused-ring (bicyclic) bond motifs is 4. The number of carbonyl (C=O) groups excluding carboxylic acids is 1. The van der Waals surface area contributed by atoms with Crippen LogP contribution < -0.4 is 15.0 Å². The molecule has 0 aromatic heterocycles. The molecule has 6 heteroatoms. The normalized spacial score (nSPS) is 25.9. The molecular weight excluding hydrogens is 360 g/mol. The van der Waals surface area contributed by atoms with Gasteiger partial charge in [-0.25, -0.2) is 0 Å². The third-order valence-corrected chi connectivity index (χ3v) is 5.60. The van der Waals surface area contributed by atoms with E-state index in [-0.39, 0.29) is 12.0 Å². The summed E-state index contributed by atoms with van der Waals surface area (Å²) >= 11 is 5.71. The Hall–Kier alpha value is -2.60. The van der Waals surface area contributed by atoms with Gasteiger partial charge in [0.05, 0.1) is 12.6 Å². The fraction of sp³-hybridized carbons (Fsp3) is 0.333. The number of aryl methyl sites for hydroxylation is 1. The molecule has 2 aromatic carbocycles. The Balaban J connectivity index is 1.91. The minimum absolute atomic E-state index is 0.298. The summed E-state index contributed by atoms with van der Waals surface area (Å²) in [6, 6.07) is 15.4. The number of nitrogens with one attached hydrogen (secondary N) is 1. The lowest BCUT2D eigenvalue weighted by molar-refractivity contribution is -0.159. The van der Waals surface area contributed by atoms with Gasteiger partial charge in [0.15, 0.2) is 5.11 Å². The molecule has 27 heavy (non-hydrogen) atoms. The van der Waals surface area contributed by atoms with Gasteiger partial charge in [-0.15, -0.1) is 0 Å². The van der Waals surface area contributed by atoms with Gasteiger partial charge in [-0.2, -0.15) is 0 Å². The molecule has 0 radical (unpaired) electrons. The molecule has 3 atom stereocenters. The largest absolute Gasteiger partial charge is 0.466 e. The summed E-state index contributed by atoms with van der Waals surface area (Å²) in [4.78, 5) is 14.9. The van der Waals surface area contributed by atoms with Gasteiger partial charge in [0.2, 0.25) is 5.72 Å². The number of anilines is 1. The summed E-state index contributed by atoms with van der Waals surface area (Å²) in [7, 11) is 0. The highest BCUT2D eigenvalue weighted by atomic mass is 32.1. The molecule has 0 amide bonds. The van der Waals surface area contributed by atoms with Crippen molar-refractivity contribution in [2.24, 2.45) is 5.92 Å². The molecule has 2 aliphatic rings. The zero-order valence-corrected chi connectivity index (χ0v) is 16.4. The summed E-state index contributed by atoms with van der Waals surface area (Å²) < 4.78 is 11.9. The molecule has 0 saturated carbocycles. The molecule has 1 saturated heterocycles. The Labute approximate surface area is 164 Å². The van der Waals surface area contributed by atoms with E-state index >= 15 is 0 Å². The number of hydrogen-bond donors (Lipinski definition) is 1. The van der Waals surface area contributed by atoms with E-state index in [9.17, 15) is 4.79 Å². The third kappa shape index (κ3) is 2.67. The lowest BCUT2D eigenvalue weighted by Crippen LogP contribution is -2.71. The van der Waals surface area contributed by atoms with Crippen LogP contribution >= 0.6 is 12.2 Å². The first-order valence-corrected chi connectivity index (χ1v) is 9.49. The fourth-order valence-corrected chi connectivity index (χ4v) is 4.51. The van der Waals surface area contributed by atoms with Crippen LogP contribution in [0, 0.1) is 12.8 Å². The summed E-state index contributed by atoms with van der Waals surface area (Å²) in [5.41, 5.74) is 1.87. The zero-order valence-electron chi connectivity index (χ0n) is 15.6. The van der Waals surface area contributed by atoms with Crippen LogP contribution in [0.1, 0.15) is 31.0 Å². The number of para-hydroxylation sites is 2. The SMILES string of the molecule is CCOC(=O)C1C2NC(=S)N(c3ccccc3C)C1(C)Oc1ccccc12. The number of thiocarbonyl (C=S) groups is 1. The molecule has 1 N–H and O–H groups in total. The summed E-state index contributed by atoms with van der Waals surface area (Å²) in [5.74, 6) is -0.120. The van der Waals surface area contributed by atoms with Crippen molar-refractivity contribution in [1.82, 2.24) is 5.32 Å². The second kappa shape index (κ2) is 6.53. The monoisotopic (exact) mass is 382 g/mol. The Morgan fingerprint density at radius 1 is 1.26 bits per heavy atom. The summed E-state index contributed by atoms with van der Waals surface area (Å²) in [6.45, 7) is 6.06. The molecule has 0 aliphatic carbocycles. The number of benzene rings is 2. The number of ether oxygens (including phenoxy) is 2. The average molecular weight is 382 g/mol. The predicted octanol–water partition coefficient (Wildman–Crippen LogP) is 3.72. The van der Waals surface area contributed by atoms with E-state index in [1.54, 1.807) is 0 Å². The van der Waals surface area contributed by atoms with E-state index in [2.05, 4.69) is 5.32 Å². The van der Waals surface area contributed by atoms with E-state index < -0.39 is 11.6 Å². The van der Waals surface area contributed by atoms with Crippen molar-refractivity contribution in [3.8, 4) is 5.75 Å². The first-order valence-electron chi connectivity index (χ1n) is 9.08. The van der Waals surface area contributed by atoms with Crippen LogP contribution in [0.4, 0.5) is 5.69 Å². The van der Waals surface area contributed by atoms with E-state index in [1.165, 1.54) is 0 Å². The minimum Gasteiger partial charge on any atom is -0.466 e. The van der Waals surface area contributed by atoms with Gasteiger partial charge in [-0.05, 0) is 50.7 Å². The number of nitrogens with zero attached hydrogens (tertiary/aromatic N) is 1. The van der Waals surface area contributed by atoms with Gasteiger partial charge >= 0.3 is 5.97 Å². The molecule has 3 unspecified atom stereocenters. The first kappa shape index (κ1) is 17.8. The lowest BCUT2D eigenvalue weighted by atomic mass is 9.79. The molecule has 140 valence electrons. The van der Waals surface area contributed by atoms with Gasteiger partial charge in [0.1, 0.15) is 11.7 Å². The highest BCUT2D eigenvalue weighted by Crippen LogP contribution is 2.50. The maximum absolute atomic E-state index is 13.0. The summed E-state index contributed by atoms with van der Waals surface area (Å²) in [5, 5.41) is 3.90. The average Bonchev–Trinajstić information content (AvgIpc) is 2.62. The molecular formula is C21H22N2O3S. The lowest BCUT2D eigenvalue weighted by Gasteiger charge is -2.55. The van der Waals surface area contributed by atoms with Crippen LogP contribution in [0.5, 0.6) is 5.75 Å². The second-order valence-electron chi connectivity index (χ2n) is 6.97. The van der Waals surface area contributed by atoms with Gasteiger partial charge in [0, 0.05) is 11.3 Å². The van der Waals surface area contributed by atoms with Crippen LogP contribution in [0.25, 0.3) is 0 Å². The third-order valence-electron chi connectivity index (χ3n) is 5.30. The fourth-order valence-electron chi connectivity index (χ4n) is 4.10. The molecule has 2 aromatic rings. The van der Waals surface area contributed by atoms with E-state index in [0.29, 0.717) is 11.7 Å². The summed E-state index contributed by atoms with van der Waals surface area (Å²) in [6.07, 6.45) is 0. The van der Waals surface area contributed by atoms with Crippen molar-refractivity contribution >= 4 is 29.0 Å². The number of hydrogen-bond acceptors (Lipinski definition) is 4. The van der Waals surface area contributed by atoms with Crippen molar-refractivity contribution in [2.45, 2.75) is 32.5 Å².